The molecule has 4 heteroatoms. The SMILES string of the molecule is CCN1CCCC(NCc2ccc(OC)c(OC)c2)C1. The summed E-state index contributed by atoms with van der Waals surface area (Å²) in [4.78, 5) is 2.51. The number of methoxy groups -OCH3 is 2. The molecule has 1 heterocycles. The van der Waals surface area contributed by atoms with Gasteiger partial charge in [0.2, 0.25) is 0 Å². The number of likely N-dealkylation sites (tertiary alicyclic amines) is 1. The Morgan fingerprint density at radius 2 is 2.05 bits per heavy atom. The van der Waals surface area contributed by atoms with Crippen LogP contribution in [0, 0.1) is 0 Å². The van der Waals surface area contributed by atoms with Crippen LogP contribution in [-0.2, 0) is 6.54 Å². The van der Waals surface area contributed by atoms with Gasteiger partial charge in [-0.05, 0) is 43.6 Å². The van der Waals surface area contributed by atoms with Gasteiger partial charge in [-0.2, -0.15) is 0 Å². The largest absolute Gasteiger partial charge is 0.493 e. The zero-order chi connectivity index (χ0) is 14.4. The van der Waals surface area contributed by atoms with Gasteiger partial charge in [0.15, 0.2) is 11.5 Å². The summed E-state index contributed by atoms with van der Waals surface area (Å²) in [6.45, 7) is 6.66. The molecule has 1 unspecified atom stereocenters. The number of ether oxygens (including phenoxy) is 2. The molecule has 20 heavy (non-hydrogen) atoms. The third-order valence-corrected chi connectivity index (χ3v) is 4.00. The molecule has 2 rings (SSSR count). The number of likely N-dealkylation sites (N-methyl/N-ethyl adjacent to an activating group) is 1. The molecule has 0 radical (unpaired) electrons. The summed E-state index contributed by atoms with van der Waals surface area (Å²) >= 11 is 0. The van der Waals surface area contributed by atoms with Gasteiger partial charge in [-0.1, -0.05) is 13.0 Å². The minimum Gasteiger partial charge on any atom is -0.493 e. The summed E-state index contributed by atoms with van der Waals surface area (Å²) in [7, 11) is 3.34. The zero-order valence-electron chi connectivity index (χ0n) is 12.8. The van der Waals surface area contributed by atoms with Crippen molar-refractivity contribution in [2.75, 3.05) is 33.9 Å². The Morgan fingerprint density at radius 1 is 1.25 bits per heavy atom. The minimum absolute atomic E-state index is 0.594. The van der Waals surface area contributed by atoms with E-state index >= 15 is 0 Å². The second kappa shape index (κ2) is 7.50. The number of nitrogens with one attached hydrogen (secondary N) is 1. The van der Waals surface area contributed by atoms with Crippen LogP contribution in [0.25, 0.3) is 0 Å². The number of benzene rings is 1. The maximum atomic E-state index is 5.34. The molecule has 1 N–H and O–H groups in total. The van der Waals surface area contributed by atoms with Crippen molar-refractivity contribution in [2.24, 2.45) is 0 Å². The number of rotatable bonds is 6. The summed E-state index contributed by atoms with van der Waals surface area (Å²) < 4.78 is 10.6. The van der Waals surface area contributed by atoms with Crippen LogP contribution in [0.4, 0.5) is 0 Å². The Labute approximate surface area is 122 Å². The molecule has 1 aliphatic rings. The van der Waals surface area contributed by atoms with Gasteiger partial charge in [-0.15, -0.1) is 0 Å². The van der Waals surface area contributed by atoms with Crippen LogP contribution in [-0.4, -0.2) is 44.8 Å². The third-order valence-electron chi connectivity index (χ3n) is 4.00. The van der Waals surface area contributed by atoms with Crippen LogP contribution in [0.3, 0.4) is 0 Å². The first-order chi connectivity index (χ1) is 9.76. The fourth-order valence-corrected chi connectivity index (χ4v) is 2.76. The van der Waals surface area contributed by atoms with Gasteiger partial charge in [0.25, 0.3) is 0 Å². The lowest BCUT2D eigenvalue weighted by Crippen LogP contribution is -2.45. The molecule has 4 nitrogen and oxygen atoms in total. The van der Waals surface area contributed by atoms with E-state index in [0.717, 1.165) is 31.1 Å². The molecule has 1 aromatic rings. The molecule has 1 aromatic carbocycles. The number of nitrogens with zero attached hydrogens (tertiary/aromatic N) is 1. The zero-order valence-corrected chi connectivity index (χ0v) is 12.8. The van der Waals surface area contributed by atoms with Crippen molar-refractivity contribution in [2.45, 2.75) is 32.4 Å². The van der Waals surface area contributed by atoms with E-state index in [0.29, 0.717) is 6.04 Å². The lowest BCUT2D eigenvalue weighted by Gasteiger charge is -2.32. The monoisotopic (exact) mass is 278 g/mol. The number of piperidine rings is 1. The van der Waals surface area contributed by atoms with Crippen molar-refractivity contribution in [1.82, 2.24) is 10.2 Å². The van der Waals surface area contributed by atoms with Crippen LogP contribution >= 0.6 is 0 Å². The molecule has 0 bridgehead atoms. The van der Waals surface area contributed by atoms with Crippen molar-refractivity contribution in [3.8, 4) is 11.5 Å². The Kier molecular flexibility index (Phi) is 5.68. The van der Waals surface area contributed by atoms with Crippen LogP contribution in [0.1, 0.15) is 25.3 Å². The van der Waals surface area contributed by atoms with Crippen LogP contribution in [0.15, 0.2) is 18.2 Å². The van der Waals surface area contributed by atoms with Crippen LogP contribution in [0.2, 0.25) is 0 Å². The fourth-order valence-electron chi connectivity index (χ4n) is 2.76. The van der Waals surface area contributed by atoms with Crippen molar-refractivity contribution < 1.29 is 9.47 Å². The molecular weight excluding hydrogens is 252 g/mol. The standard InChI is InChI=1S/C16H26N2O2/c1-4-18-9-5-6-14(12-18)17-11-13-7-8-15(19-2)16(10-13)20-3/h7-8,10,14,17H,4-6,9,11-12H2,1-3H3. The third kappa shape index (κ3) is 3.87. The molecule has 0 spiro atoms. The fraction of sp³-hybridized carbons (Fsp3) is 0.625. The molecule has 1 saturated heterocycles. The quantitative estimate of drug-likeness (QED) is 0.865. The lowest BCUT2D eigenvalue weighted by atomic mass is 10.1. The second-order valence-electron chi connectivity index (χ2n) is 5.30. The molecule has 1 atom stereocenters. The van der Waals surface area contributed by atoms with Gasteiger partial charge < -0.3 is 19.7 Å². The van der Waals surface area contributed by atoms with Gasteiger partial charge >= 0.3 is 0 Å². The van der Waals surface area contributed by atoms with Crippen LogP contribution in [0.5, 0.6) is 11.5 Å². The van der Waals surface area contributed by atoms with Gasteiger partial charge in [0.05, 0.1) is 14.2 Å². The first kappa shape index (κ1) is 15.1. The van der Waals surface area contributed by atoms with Crippen molar-refractivity contribution in [1.29, 1.82) is 0 Å². The molecule has 1 aliphatic heterocycles. The normalized spacial score (nSPS) is 19.9. The van der Waals surface area contributed by atoms with E-state index in [1.54, 1.807) is 14.2 Å². The highest BCUT2D eigenvalue weighted by atomic mass is 16.5. The van der Waals surface area contributed by atoms with E-state index in [1.807, 2.05) is 12.1 Å². The average Bonchev–Trinajstić information content (AvgIpc) is 2.52. The maximum Gasteiger partial charge on any atom is 0.161 e. The molecule has 0 aliphatic carbocycles. The predicted molar refractivity (Wildman–Crippen MR) is 81.5 cm³/mol. The Morgan fingerprint density at radius 3 is 2.75 bits per heavy atom. The number of hydrogen-bond acceptors (Lipinski definition) is 4. The van der Waals surface area contributed by atoms with E-state index in [4.69, 9.17) is 9.47 Å². The predicted octanol–water partition coefficient (Wildman–Crippen LogP) is 2.28. The van der Waals surface area contributed by atoms with Crippen molar-refractivity contribution >= 4 is 0 Å². The summed E-state index contributed by atoms with van der Waals surface area (Å²) in [5.41, 5.74) is 1.23. The van der Waals surface area contributed by atoms with Crippen molar-refractivity contribution in [3.05, 3.63) is 23.8 Å². The molecule has 0 saturated carbocycles. The summed E-state index contributed by atoms with van der Waals surface area (Å²) in [5.74, 6) is 1.58. The summed E-state index contributed by atoms with van der Waals surface area (Å²) in [6, 6.07) is 6.70. The molecule has 1 fully saturated rings. The molecule has 112 valence electrons. The average molecular weight is 278 g/mol. The highest BCUT2D eigenvalue weighted by Gasteiger charge is 2.18. The highest BCUT2D eigenvalue weighted by molar-refractivity contribution is 5.42. The highest BCUT2D eigenvalue weighted by Crippen LogP contribution is 2.27. The minimum atomic E-state index is 0.594. The maximum absolute atomic E-state index is 5.34. The van der Waals surface area contributed by atoms with E-state index in [9.17, 15) is 0 Å². The van der Waals surface area contributed by atoms with Gasteiger partial charge in [0, 0.05) is 19.1 Å². The van der Waals surface area contributed by atoms with E-state index in [1.165, 1.54) is 24.9 Å². The van der Waals surface area contributed by atoms with E-state index in [2.05, 4.69) is 23.2 Å². The van der Waals surface area contributed by atoms with E-state index in [-0.39, 0.29) is 0 Å². The second-order valence-corrected chi connectivity index (χ2v) is 5.30. The van der Waals surface area contributed by atoms with E-state index < -0.39 is 0 Å². The Bertz CT molecular complexity index is 423. The van der Waals surface area contributed by atoms with Gasteiger partial charge in [-0.3, -0.25) is 0 Å². The summed E-state index contributed by atoms with van der Waals surface area (Å²) in [6.07, 6.45) is 2.56. The van der Waals surface area contributed by atoms with Gasteiger partial charge in [-0.25, -0.2) is 0 Å². The molecule has 0 amide bonds. The number of hydrogen-bond donors (Lipinski definition) is 1. The van der Waals surface area contributed by atoms with Gasteiger partial charge in [0.1, 0.15) is 0 Å². The lowest BCUT2D eigenvalue weighted by molar-refractivity contribution is 0.198. The topological polar surface area (TPSA) is 33.7 Å². The first-order valence-electron chi connectivity index (χ1n) is 7.43. The summed E-state index contributed by atoms with van der Waals surface area (Å²) in [5, 5.41) is 3.65. The smallest absolute Gasteiger partial charge is 0.161 e. The molecule has 0 aromatic heterocycles. The Hall–Kier alpha value is -1.26. The Balaban J connectivity index is 1.90. The molecular formula is C16H26N2O2. The first-order valence-corrected chi connectivity index (χ1v) is 7.43. The van der Waals surface area contributed by atoms with Crippen molar-refractivity contribution in [3.63, 3.8) is 0 Å². The van der Waals surface area contributed by atoms with Crippen LogP contribution < -0.4 is 14.8 Å².